The highest BCUT2D eigenvalue weighted by Crippen LogP contribution is 2.25. The monoisotopic (exact) mass is 403 g/mol. The minimum Gasteiger partial charge on any atom is -0.406 e. The molecule has 9 heteroatoms. The number of nitrogens with one attached hydrogen (secondary N) is 1. The number of halogens is 3. The molecular formula is C18H20F3NO4S. The average Bonchev–Trinajstić information content (AvgIpc) is 2.61. The van der Waals surface area contributed by atoms with Crippen molar-refractivity contribution in [2.75, 3.05) is 13.2 Å². The fourth-order valence-electron chi connectivity index (χ4n) is 2.63. The predicted molar refractivity (Wildman–Crippen MR) is 93.8 cm³/mol. The van der Waals surface area contributed by atoms with Gasteiger partial charge in [0.25, 0.3) is 0 Å². The second-order valence-electron chi connectivity index (χ2n) is 5.83. The molecule has 0 aromatic heterocycles. The average molecular weight is 403 g/mol. The molecule has 2 rings (SSSR count). The van der Waals surface area contributed by atoms with Gasteiger partial charge in [-0.05, 0) is 48.6 Å². The van der Waals surface area contributed by atoms with E-state index in [9.17, 15) is 26.7 Å². The lowest BCUT2D eigenvalue weighted by Crippen LogP contribution is -2.26. The van der Waals surface area contributed by atoms with Crippen molar-refractivity contribution in [3.8, 4) is 5.75 Å². The van der Waals surface area contributed by atoms with E-state index in [0.29, 0.717) is 12.8 Å². The van der Waals surface area contributed by atoms with E-state index >= 15 is 0 Å². The van der Waals surface area contributed by atoms with Gasteiger partial charge in [-0.1, -0.05) is 30.3 Å². The number of hydrogen-bond acceptors (Lipinski definition) is 4. The van der Waals surface area contributed by atoms with E-state index in [-0.39, 0.29) is 24.0 Å². The van der Waals surface area contributed by atoms with Crippen molar-refractivity contribution in [3.63, 3.8) is 0 Å². The Kier molecular flexibility index (Phi) is 7.23. The Labute approximate surface area is 155 Å². The zero-order chi connectivity index (χ0) is 19.9. The minimum absolute atomic E-state index is 0.0125. The van der Waals surface area contributed by atoms with Gasteiger partial charge in [0.1, 0.15) is 5.75 Å². The molecule has 148 valence electrons. The highest BCUT2D eigenvalue weighted by atomic mass is 32.2. The van der Waals surface area contributed by atoms with Crippen LogP contribution in [0.15, 0.2) is 59.5 Å². The number of alkyl halides is 3. The first-order chi connectivity index (χ1) is 12.7. The summed E-state index contributed by atoms with van der Waals surface area (Å²) in [5.74, 6) is -0.505. The molecule has 0 aliphatic rings. The summed E-state index contributed by atoms with van der Waals surface area (Å²) < 4.78 is 67.2. The van der Waals surface area contributed by atoms with Crippen molar-refractivity contribution in [2.24, 2.45) is 0 Å². The number of sulfonamides is 1. The normalized spacial score (nSPS) is 13.3. The van der Waals surface area contributed by atoms with E-state index in [1.807, 2.05) is 30.3 Å². The van der Waals surface area contributed by atoms with Crippen molar-refractivity contribution in [3.05, 3.63) is 60.2 Å². The molecule has 0 spiro atoms. The number of benzene rings is 2. The van der Waals surface area contributed by atoms with Crippen molar-refractivity contribution in [2.45, 2.75) is 30.0 Å². The lowest BCUT2D eigenvalue weighted by atomic mass is 9.93. The van der Waals surface area contributed by atoms with Gasteiger partial charge >= 0.3 is 6.36 Å². The van der Waals surface area contributed by atoms with Crippen LogP contribution in [0.5, 0.6) is 5.75 Å². The van der Waals surface area contributed by atoms with Gasteiger partial charge in [0.15, 0.2) is 0 Å². The SMILES string of the molecule is O=S(=O)(NCC[C@H](CCO)c1ccccc1)c1ccc(OC(F)(F)F)cc1. The van der Waals surface area contributed by atoms with E-state index in [2.05, 4.69) is 9.46 Å². The van der Waals surface area contributed by atoms with E-state index in [0.717, 1.165) is 29.8 Å². The van der Waals surface area contributed by atoms with Gasteiger partial charge in [-0.2, -0.15) is 0 Å². The lowest BCUT2D eigenvalue weighted by Gasteiger charge is -2.17. The Morgan fingerprint density at radius 2 is 1.63 bits per heavy atom. The molecule has 0 radical (unpaired) electrons. The maximum Gasteiger partial charge on any atom is 0.573 e. The molecule has 0 saturated heterocycles. The van der Waals surface area contributed by atoms with Crippen molar-refractivity contribution < 1.29 is 31.4 Å². The van der Waals surface area contributed by atoms with Crippen LogP contribution in [0.3, 0.4) is 0 Å². The van der Waals surface area contributed by atoms with Gasteiger partial charge in [-0.15, -0.1) is 13.2 Å². The summed E-state index contributed by atoms with van der Waals surface area (Å²) in [5.41, 5.74) is 0.999. The molecule has 0 aliphatic heterocycles. The fourth-order valence-corrected chi connectivity index (χ4v) is 3.68. The Morgan fingerprint density at radius 3 is 2.19 bits per heavy atom. The Bertz CT molecular complexity index is 809. The summed E-state index contributed by atoms with van der Waals surface area (Å²) >= 11 is 0. The third-order valence-corrected chi connectivity index (χ3v) is 5.38. The molecule has 0 saturated carbocycles. The van der Waals surface area contributed by atoms with E-state index in [4.69, 9.17) is 0 Å². The van der Waals surface area contributed by atoms with E-state index in [1.54, 1.807) is 0 Å². The van der Waals surface area contributed by atoms with Crippen LogP contribution >= 0.6 is 0 Å². The molecule has 0 amide bonds. The van der Waals surface area contributed by atoms with Gasteiger partial charge in [-0.25, -0.2) is 13.1 Å². The van der Waals surface area contributed by atoms with Gasteiger partial charge in [0.05, 0.1) is 4.90 Å². The topological polar surface area (TPSA) is 75.6 Å². The number of hydrogen-bond donors (Lipinski definition) is 2. The van der Waals surface area contributed by atoms with Crippen molar-refractivity contribution in [1.82, 2.24) is 4.72 Å². The zero-order valence-corrected chi connectivity index (χ0v) is 15.1. The summed E-state index contributed by atoms with van der Waals surface area (Å²) in [5, 5.41) is 9.21. The lowest BCUT2D eigenvalue weighted by molar-refractivity contribution is -0.274. The quantitative estimate of drug-likeness (QED) is 0.673. The molecule has 0 heterocycles. The summed E-state index contributed by atoms with van der Waals surface area (Å²) in [6, 6.07) is 13.4. The zero-order valence-electron chi connectivity index (χ0n) is 14.3. The second kappa shape index (κ2) is 9.20. The molecule has 0 unspecified atom stereocenters. The molecule has 2 aromatic carbocycles. The number of ether oxygens (including phenoxy) is 1. The van der Waals surface area contributed by atoms with Crippen LogP contribution in [0.1, 0.15) is 24.3 Å². The summed E-state index contributed by atoms with van der Waals surface area (Å²) in [7, 11) is -3.86. The highest BCUT2D eigenvalue weighted by Gasteiger charge is 2.31. The third-order valence-electron chi connectivity index (χ3n) is 3.90. The molecule has 0 fully saturated rings. The van der Waals surface area contributed by atoms with Crippen LogP contribution in [0.2, 0.25) is 0 Å². The smallest absolute Gasteiger partial charge is 0.406 e. The fraction of sp³-hybridized carbons (Fsp3) is 0.333. The summed E-state index contributed by atoms with van der Waals surface area (Å²) in [6.45, 7) is 0.107. The largest absolute Gasteiger partial charge is 0.573 e. The van der Waals surface area contributed by atoms with Crippen LogP contribution in [0.4, 0.5) is 13.2 Å². The van der Waals surface area contributed by atoms with Crippen LogP contribution in [-0.4, -0.2) is 33.0 Å². The maximum atomic E-state index is 12.3. The molecule has 0 aliphatic carbocycles. The van der Waals surface area contributed by atoms with Crippen LogP contribution in [0.25, 0.3) is 0 Å². The molecule has 27 heavy (non-hydrogen) atoms. The predicted octanol–water partition coefficient (Wildman–Crippen LogP) is 3.42. The van der Waals surface area contributed by atoms with Gasteiger partial charge in [0, 0.05) is 13.2 Å². The molecule has 2 aromatic rings. The van der Waals surface area contributed by atoms with Crippen LogP contribution < -0.4 is 9.46 Å². The van der Waals surface area contributed by atoms with Gasteiger partial charge in [-0.3, -0.25) is 0 Å². The first-order valence-electron chi connectivity index (χ1n) is 8.22. The van der Waals surface area contributed by atoms with Crippen molar-refractivity contribution in [1.29, 1.82) is 0 Å². The first-order valence-corrected chi connectivity index (χ1v) is 9.71. The number of aliphatic hydroxyl groups excluding tert-OH is 1. The minimum atomic E-state index is -4.84. The third kappa shape index (κ3) is 6.85. The molecule has 2 N–H and O–H groups in total. The Balaban J connectivity index is 1.97. The summed E-state index contributed by atoms with van der Waals surface area (Å²) in [6.07, 6.45) is -3.87. The van der Waals surface area contributed by atoms with Crippen LogP contribution in [0, 0.1) is 0 Å². The molecular weight excluding hydrogens is 383 g/mol. The van der Waals surface area contributed by atoms with E-state index in [1.165, 1.54) is 0 Å². The van der Waals surface area contributed by atoms with Crippen LogP contribution in [-0.2, 0) is 10.0 Å². The first kappa shape index (κ1) is 21.2. The number of aliphatic hydroxyl groups is 1. The molecule has 1 atom stereocenters. The highest BCUT2D eigenvalue weighted by molar-refractivity contribution is 7.89. The van der Waals surface area contributed by atoms with Gasteiger partial charge < -0.3 is 9.84 Å². The molecule has 5 nitrogen and oxygen atoms in total. The Morgan fingerprint density at radius 1 is 1.00 bits per heavy atom. The Hall–Kier alpha value is -2.10. The van der Waals surface area contributed by atoms with E-state index < -0.39 is 22.1 Å². The second-order valence-corrected chi connectivity index (χ2v) is 7.59. The maximum absolute atomic E-state index is 12.3. The molecule has 0 bridgehead atoms. The standard InChI is InChI=1S/C18H20F3NO4S/c19-18(20,21)26-16-6-8-17(9-7-16)27(24,25)22-12-10-15(11-13-23)14-4-2-1-3-5-14/h1-9,15,22-23H,10-13H2/t15-/m1/s1. The number of rotatable bonds is 9. The summed E-state index contributed by atoms with van der Waals surface area (Å²) in [4.78, 5) is -0.157. The van der Waals surface area contributed by atoms with Gasteiger partial charge in [0.2, 0.25) is 10.0 Å². The van der Waals surface area contributed by atoms with Crippen molar-refractivity contribution >= 4 is 10.0 Å².